The Morgan fingerprint density at radius 3 is 2.30 bits per heavy atom. The Morgan fingerprint density at radius 2 is 2.00 bits per heavy atom. The maximum absolute atomic E-state index is 5.43. The SMILES string of the molecule is C=C/C=C(/SC=C)C(=C)N. The van der Waals surface area contributed by atoms with Crippen molar-refractivity contribution in [1.29, 1.82) is 0 Å². The van der Waals surface area contributed by atoms with E-state index in [4.69, 9.17) is 5.73 Å². The molecular weight excluding hydrogens is 142 g/mol. The third-order valence-corrected chi connectivity index (χ3v) is 1.61. The summed E-state index contributed by atoms with van der Waals surface area (Å²) in [4.78, 5) is 0.894. The molecule has 0 aliphatic rings. The van der Waals surface area contributed by atoms with Gasteiger partial charge in [-0.1, -0.05) is 37.6 Å². The Morgan fingerprint density at radius 1 is 1.40 bits per heavy atom. The van der Waals surface area contributed by atoms with E-state index in [1.165, 1.54) is 11.8 Å². The van der Waals surface area contributed by atoms with Crippen LogP contribution in [-0.2, 0) is 0 Å². The van der Waals surface area contributed by atoms with Crippen LogP contribution in [0.3, 0.4) is 0 Å². The van der Waals surface area contributed by atoms with Crippen LogP contribution >= 0.6 is 11.8 Å². The second kappa shape index (κ2) is 4.94. The minimum atomic E-state index is 0.546. The van der Waals surface area contributed by atoms with Crippen LogP contribution in [0.1, 0.15) is 0 Å². The lowest BCUT2D eigenvalue weighted by Gasteiger charge is -1.99. The lowest BCUT2D eigenvalue weighted by Crippen LogP contribution is -1.94. The van der Waals surface area contributed by atoms with E-state index in [1.807, 2.05) is 0 Å². The third-order valence-electron chi connectivity index (χ3n) is 0.796. The van der Waals surface area contributed by atoms with E-state index in [0.29, 0.717) is 5.70 Å². The van der Waals surface area contributed by atoms with Crippen LogP contribution in [0.25, 0.3) is 0 Å². The molecule has 2 heteroatoms. The molecule has 0 amide bonds. The Hall–Kier alpha value is -0.890. The molecule has 0 saturated carbocycles. The highest BCUT2D eigenvalue weighted by molar-refractivity contribution is 8.06. The summed E-state index contributed by atoms with van der Waals surface area (Å²) in [7, 11) is 0. The Kier molecular flexibility index (Phi) is 4.50. The van der Waals surface area contributed by atoms with Gasteiger partial charge in [-0.3, -0.25) is 0 Å². The van der Waals surface area contributed by atoms with Crippen LogP contribution in [0, 0.1) is 0 Å². The molecule has 0 aromatic carbocycles. The summed E-state index contributed by atoms with van der Waals surface area (Å²) in [5, 5.41) is 1.70. The van der Waals surface area contributed by atoms with Crippen molar-refractivity contribution < 1.29 is 0 Å². The number of nitrogens with two attached hydrogens (primary N) is 1. The first-order valence-electron chi connectivity index (χ1n) is 2.77. The van der Waals surface area contributed by atoms with Gasteiger partial charge in [-0.05, 0) is 11.5 Å². The molecule has 0 heterocycles. The standard InChI is InChI=1S/C8H11NS/c1-4-6-8(7(3)9)10-5-2/h4-6H,1-3,9H2/b8-6+. The van der Waals surface area contributed by atoms with E-state index in [9.17, 15) is 0 Å². The quantitative estimate of drug-likeness (QED) is 0.628. The molecule has 0 rings (SSSR count). The van der Waals surface area contributed by atoms with Gasteiger partial charge in [0.15, 0.2) is 0 Å². The van der Waals surface area contributed by atoms with E-state index in [2.05, 4.69) is 19.7 Å². The number of rotatable bonds is 4. The van der Waals surface area contributed by atoms with Crippen LogP contribution in [0.15, 0.2) is 47.9 Å². The van der Waals surface area contributed by atoms with E-state index in [0.717, 1.165) is 4.91 Å². The first kappa shape index (κ1) is 9.11. The second-order valence-electron chi connectivity index (χ2n) is 1.58. The highest BCUT2D eigenvalue weighted by Gasteiger charge is 1.93. The summed E-state index contributed by atoms with van der Waals surface area (Å²) in [6.07, 6.45) is 3.47. The number of hydrogen-bond donors (Lipinski definition) is 1. The summed E-state index contributed by atoms with van der Waals surface area (Å²) < 4.78 is 0. The molecule has 2 N–H and O–H groups in total. The average molecular weight is 153 g/mol. The summed E-state index contributed by atoms with van der Waals surface area (Å²) in [5.41, 5.74) is 5.98. The molecule has 0 atom stereocenters. The first-order valence-corrected chi connectivity index (χ1v) is 3.65. The molecule has 1 nitrogen and oxygen atoms in total. The molecule has 0 bridgehead atoms. The zero-order valence-electron chi connectivity index (χ0n) is 5.84. The van der Waals surface area contributed by atoms with Gasteiger partial charge in [0, 0.05) is 10.6 Å². The third kappa shape index (κ3) is 3.20. The molecule has 0 saturated heterocycles. The summed E-state index contributed by atoms with van der Waals surface area (Å²) in [6, 6.07) is 0. The van der Waals surface area contributed by atoms with Gasteiger partial charge in [-0.2, -0.15) is 0 Å². The molecule has 0 unspecified atom stereocenters. The molecule has 54 valence electrons. The smallest absolute Gasteiger partial charge is 0.0382 e. The summed E-state index contributed by atoms with van der Waals surface area (Å²) >= 11 is 1.44. The van der Waals surface area contributed by atoms with Crippen molar-refractivity contribution in [2.45, 2.75) is 0 Å². The zero-order valence-corrected chi connectivity index (χ0v) is 6.66. The van der Waals surface area contributed by atoms with Gasteiger partial charge < -0.3 is 5.73 Å². The van der Waals surface area contributed by atoms with Gasteiger partial charge in [0.2, 0.25) is 0 Å². The van der Waals surface area contributed by atoms with Crippen molar-refractivity contribution in [3.8, 4) is 0 Å². The van der Waals surface area contributed by atoms with Crippen LogP contribution in [0.4, 0.5) is 0 Å². The molecular formula is C8H11NS. The van der Waals surface area contributed by atoms with Crippen molar-refractivity contribution in [1.82, 2.24) is 0 Å². The Balaban J connectivity index is 4.24. The van der Waals surface area contributed by atoms with Crippen molar-refractivity contribution in [2.24, 2.45) is 5.73 Å². The average Bonchev–Trinajstić information content (AvgIpc) is 1.87. The minimum Gasteiger partial charge on any atom is -0.398 e. The lowest BCUT2D eigenvalue weighted by atomic mass is 10.4. The topological polar surface area (TPSA) is 26.0 Å². The van der Waals surface area contributed by atoms with E-state index >= 15 is 0 Å². The Bertz CT molecular complexity index is 180. The van der Waals surface area contributed by atoms with E-state index in [1.54, 1.807) is 17.6 Å². The first-order chi connectivity index (χ1) is 4.72. The second-order valence-corrected chi connectivity index (χ2v) is 2.59. The fourth-order valence-electron chi connectivity index (χ4n) is 0.419. The summed E-state index contributed by atoms with van der Waals surface area (Å²) in [5.74, 6) is 0. The van der Waals surface area contributed by atoms with Crippen molar-refractivity contribution in [3.05, 3.63) is 47.9 Å². The van der Waals surface area contributed by atoms with Gasteiger partial charge in [0.05, 0.1) is 0 Å². The maximum atomic E-state index is 5.43. The predicted octanol–water partition coefficient (Wildman–Crippen LogP) is 2.41. The molecule has 0 aromatic heterocycles. The minimum absolute atomic E-state index is 0.546. The van der Waals surface area contributed by atoms with Crippen LogP contribution < -0.4 is 5.73 Å². The van der Waals surface area contributed by atoms with Crippen LogP contribution in [0.5, 0.6) is 0 Å². The summed E-state index contributed by atoms with van der Waals surface area (Å²) in [6.45, 7) is 10.7. The molecule has 0 aliphatic carbocycles. The Labute approximate surface area is 66.0 Å². The number of allylic oxidation sites excluding steroid dienone is 2. The fraction of sp³-hybridized carbons (Fsp3) is 0. The van der Waals surface area contributed by atoms with Crippen molar-refractivity contribution >= 4 is 11.8 Å². The van der Waals surface area contributed by atoms with Gasteiger partial charge in [-0.15, -0.1) is 0 Å². The molecule has 10 heavy (non-hydrogen) atoms. The van der Waals surface area contributed by atoms with Crippen LogP contribution in [-0.4, -0.2) is 0 Å². The van der Waals surface area contributed by atoms with Gasteiger partial charge in [0.25, 0.3) is 0 Å². The molecule has 0 fully saturated rings. The van der Waals surface area contributed by atoms with Crippen molar-refractivity contribution in [3.63, 3.8) is 0 Å². The van der Waals surface area contributed by atoms with Gasteiger partial charge in [-0.25, -0.2) is 0 Å². The predicted molar refractivity (Wildman–Crippen MR) is 49.4 cm³/mol. The van der Waals surface area contributed by atoms with Gasteiger partial charge >= 0.3 is 0 Å². The highest BCUT2D eigenvalue weighted by Crippen LogP contribution is 2.19. The zero-order chi connectivity index (χ0) is 7.98. The molecule has 0 aromatic rings. The number of hydrogen-bond acceptors (Lipinski definition) is 2. The number of thioether (sulfide) groups is 1. The fourth-order valence-corrected chi connectivity index (χ4v) is 0.925. The van der Waals surface area contributed by atoms with Crippen LogP contribution in [0.2, 0.25) is 0 Å². The normalized spacial score (nSPS) is 10.6. The molecule has 0 spiro atoms. The van der Waals surface area contributed by atoms with Crippen molar-refractivity contribution in [2.75, 3.05) is 0 Å². The van der Waals surface area contributed by atoms with E-state index < -0.39 is 0 Å². The maximum Gasteiger partial charge on any atom is 0.0382 e. The monoisotopic (exact) mass is 153 g/mol. The largest absolute Gasteiger partial charge is 0.398 e. The lowest BCUT2D eigenvalue weighted by molar-refractivity contribution is 1.43. The van der Waals surface area contributed by atoms with Gasteiger partial charge in [0.1, 0.15) is 0 Å². The molecule has 0 aliphatic heterocycles. The highest BCUT2D eigenvalue weighted by atomic mass is 32.2. The molecule has 0 radical (unpaired) electrons. The van der Waals surface area contributed by atoms with E-state index in [-0.39, 0.29) is 0 Å².